The van der Waals surface area contributed by atoms with Gasteiger partial charge in [-0.05, 0) is 54.6 Å². The van der Waals surface area contributed by atoms with Crippen molar-refractivity contribution >= 4 is 46.4 Å². The molecule has 0 saturated carbocycles. The molecule has 0 aliphatic carbocycles. The number of hydrogen-bond acceptors (Lipinski definition) is 2. The molecule has 0 unspecified atom stereocenters. The Morgan fingerprint density at radius 2 is 0.638 bits per heavy atom. The first-order chi connectivity index (χ1) is 32.1. The van der Waals surface area contributed by atoms with Crippen molar-refractivity contribution in [2.75, 3.05) is 0 Å². The number of aromatic nitrogens is 4. The van der Waals surface area contributed by atoms with E-state index >= 15 is 70.2 Å². The molecule has 0 spiro atoms. The van der Waals surface area contributed by atoms with Gasteiger partial charge in [0.25, 0.3) is 0 Å². The van der Waals surface area contributed by atoms with Crippen molar-refractivity contribution in [2.45, 2.75) is 0 Å². The van der Waals surface area contributed by atoms with Gasteiger partial charge in [0.1, 0.15) is 5.69 Å². The number of benzene rings is 4. The van der Waals surface area contributed by atoms with E-state index < -0.39 is 188 Å². The number of hydrogen-bond donors (Lipinski definition) is 1. The summed E-state index contributed by atoms with van der Waals surface area (Å²) in [5.74, 6) is -61.3. The van der Waals surface area contributed by atoms with Gasteiger partial charge in [-0.3, -0.25) is 0 Å². The summed E-state index contributed by atoms with van der Waals surface area (Å²) in [6, 6.07) is 5.15. The third kappa shape index (κ3) is 7.07. The van der Waals surface area contributed by atoms with Crippen LogP contribution in [0.25, 0.3) is 85.4 Å². The van der Waals surface area contributed by atoms with E-state index in [0.717, 1.165) is 24.3 Å². The summed E-state index contributed by atoms with van der Waals surface area (Å²) >= 11 is 0. The van der Waals surface area contributed by atoms with Crippen molar-refractivity contribution in [1.29, 1.82) is 0 Å². The molecule has 7 aromatic rings. The van der Waals surface area contributed by atoms with E-state index in [0.29, 0.717) is 6.08 Å². The Bertz CT molecular complexity index is 3590. The van der Waals surface area contributed by atoms with Gasteiger partial charge in [0.05, 0.1) is 50.5 Å². The largest absolute Gasteiger partial charge is 0.355 e. The molecule has 4 nitrogen and oxygen atoms in total. The van der Waals surface area contributed by atoms with Gasteiger partial charge in [-0.15, -0.1) is 0 Å². The van der Waals surface area contributed by atoms with E-state index in [9.17, 15) is 17.6 Å². The van der Waals surface area contributed by atoms with E-state index in [1.807, 2.05) is 0 Å². The van der Waals surface area contributed by atoms with Crippen LogP contribution in [0.4, 0.5) is 87.8 Å². The zero-order valence-electron chi connectivity index (χ0n) is 32.5. The molecule has 8 bridgehead atoms. The molecule has 69 heavy (non-hydrogen) atoms. The summed E-state index contributed by atoms with van der Waals surface area (Å²) < 4.78 is 313. The summed E-state index contributed by atoms with van der Waals surface area (Å²) in [6.07, 6.45) is 3.17. The number of H-pyrrole nitrogens is 1. The van der Waals surface area contributed by atoms with Crippen LogP contribution in [0.15, 0.2) is 30.3 Å². The molecular weight excluding hydrogens is 1020 g/mol. The Morgan fingerprint density at radius 3 is 1.06 bits per heavy atom. The molecule has 25 heteroatoms. The van der Waals surface area contributed by atoms with E-state index in [4.69, 9.17) is 0 Å². The second kappa shape index (κ2) is 17.0. The average molecular weight is 1030 g/mol. The fourth-order valence-electron chi connectivity index (χ4n) is 7.53. The molecule has 4 aromatic carbocycles. The third-order valence-corrected chi connectivity index (χ3v) is 10.5. The molecule has 353 valence electrons. The minimum absolute atomic E-state index is 0. The summed E-state index contributed by atoms with van der Waals surface area (Å²) in [4.78, 5) is 10.8. The maximum absolute atomic E-state index is 16.5. The number of nitrogens with zero attached hydrogens (tertiary/aromatic N) is 3. The molecule has 0 saturated heterocycles. The maximum Gasteiger partial charge on any atom is 0.200 e. The molecule has 1 N–H and O–H groups in total. The minimum Gasteiger partial charge on any atom is -0.355 e. The van der Waals surface area contributed by atoms with Gasteiger partial charge < -0.3 is 9.55 Å². The van der Waals surface area contributed by atoms with E-state index in [-0.39, 0.29) is 39.9 Å². The van der Waals surface area contributed by atoms with Crippen LogP contribution in [0.2, 0.25) is 0 Å². The van der Waals surface area contributed by atoms with Crippen molar-refractivity contribution in [2.24, 2.45) is 0 Å². The molecule has 0 atom stereocenters. The Morgan fingerprint density at radius 1 is 0.319 bits per heavy atom. The van der Waals surface area contributed by atoms with E-state index in [1.165, 1.54) is 18.2 Å². The van der Waals surface area contributed by atoms with Crippen LogP contribution in [-0.2, 0) is 17.1 Å². The minimum atomic E-state index is -3.15. The Kier molecular flexibility index (Phi) is 11.8. The van der Waals surface area contributed by atoms with Gasteiger partial charge in [0.15, 0.2) is 93.1 Å². The van der Waals surface area contributed by atoms with Crippen LogP contribution < -0.4 is 0 Å². The van der Waals surface area contributed by atoms with Crippen molar-refractivity contribution in [3.63, 3.8) is 0 Å². The van der Waals surface area contributed by atoms with Crippen LogP contribution in [0.1, 0.15) is 22.8 Å². The SMILES string of the molecule is Fc1c(F)c(F)c(-c2c(-c3c(F)c(F)c(F)c(F)c3F)c3c(-c4c(F)c(F)c(F)c(F)c4F)c4nc(cc5ccc(cc6nc(cc2n3-c2c(F)c(F)c(F)c(F)c2F)C=C6)[nH]5)C=C4)c(F)c1F.[Mn]. The third-order valence-electron chi connectivity index (χ3n) is 10.5. The summed E-state index contributed by atoms with van der Waals surface area (Å²) in [6.45, 7) is 0. The number of halogens is 20. The van der Waals surface area contributed by atoms with Gasteiger partial charge in [0, 0.05) is 44.8 Å². The maximum atomic E-state index is 16.5. The average Bonchev–Trinajstić information content (AvgIpc) is 4.14. The first-order valence-corrected chi connectivity index (χ1v) is 18.3. The number of fused-ring (bicyclic) bond motifs is 8. The zero-order valence-corrected chi connectivity index (χ0v) is 33.7. The molecule has 0 fully saturated rings. The van der Waals surface area contributed by atoms with Gasteiger partial charge >= 0.3 is 0 Å². The molecule has 1 radical (unpaired) electrons. The Hall–Kier alpha value is -7.40. The number of nitrogens with one attached hydrogen (secondary N) is 1. The van der Waals surface area contributed by atoms with Crippen LogP contribution in [0.3, 0.4) is 0 Å². The zero-order chi connectivity index (χ0) is 49.3. The summed E-state index contributed by atoms with van der Waals surface area (Å²) in [5, 5.41) is 0. The van der Waals surface area contributed by atoms with Gasteiger partial charge in [-0.25, -0.2) is 97.8 Å². The van der Waals surface area contributed by atoms with Crippen molar-refractivity contribution in [3.8, 4) is 39.1 Å². The van der Waals surface area contributed by atoms with Crippen molar-refractivity contribution < 1.29 is 105 Å². The fourth-order valence-corrected chi connectivity index (χ4v) is 7.53. The first kappa shape index (κ1) is 48.1. The fraction of sp³-hybridized carbons (Fsp3) is 0. The predicted molar refractivity (Wildman–Crippen MR) is 199 cm³/mol. The standard InChI is InChI=1S/C44H10F20N4.Mn/c45-23-20(24(46)30(52)35(57)29(23)51)17-15-6-5-13(67-15)8-12-2-1-10(65-12)7-11-3-4-14(66-11)9-16-18(21-25(47)31(53)36(58)32(54)26(21)48)19(22-27(49)33(55)37(59)34(56)28(22)50)43(17)68(16)44-41(63)39(61)38(60)40(62)42(44)64;/h1-9,65H;. The van der Waals surface area contributed by atoms with Crippen LogP contribution >= 0.6 is 0 Å². The molecule has 0 amide bonds. The monoisotopic (exact) mass is 1030 g/mol. The van der Waals surface area contributed by atoms with Crippen molar-refractivity contribution in [3.05, 3.63) is 169 Å². The van der Waals surface area contributed by atoms with E-state index in [2.05, 4.69) is 15.0 Å². The predicted octanol–water partition coefficient (Wildman–Crippen LogP) is 13.9. The quantitative estimate of drug-likeness (QED) is 0.0826. The molecule has 3 aromatic heterocycles. The molecule has 5 heterocycles. The normalized spacial score (nSPS) is 12.1. The van der Waals surface area contributed by atoms with Gasteiger partial charge in [-0.1, -0.05) is 0 Å². The van der Waals surface area contributed by atoms with Gasteiger partial charge in [-0.2, -0.15) is 0 Å². The second-order valence-electron chi connectivity index (χ2n) is 14.3. The number of aromatic amines is 1. The van der Waals surface area contributed by atoms with Crippen LogP contribution in [-0.4, -0.2) is 19.5 Å². The molecule has 2 aliphatic rings. The van der Waals surface area contributed by atoms with Crippen LogP contribution in [0.5, 0.6) is 0 Å². The number of rotatable bonds is 4. The smallest absolute Gasteiger partial charge is 0.200 e. The second-order valence-corrected chi connectivity index (χ2v) is 14.3. The Labute approximate surface area is 378 Å². The summed E-state index contributed by atoms with van der Waals surface area (Å²) in [7, 11) is 0. The Balaban J connectivity index is 0.00000642. The van der Waals surface area contributed by atoms with Gasteiger partial charge in [0.2, 0.25) is 23.3 Å². The van der Waals surface area contributed by atoms with Crippen molar-refractivity contribution in [1.82, 2.24) is 19.5 Å². The summed E-state index contributed by atoms with van der Waals surface area (Å²) in [5.41, 5.74) is -24.1. The molecule has 9 rings (SSSR count). The van der Waals surface area contributed by atoms with Crippen LogP contribution in [0, 0.1) is 116 Å². The first-order valence-electron chi connectivity index (χ1n) is 18.3. The molecular formula is C44H10F20MnN4. The van der Waals surface area contributed by atoms with E-state index in [1.54, 1.807) is 0 Å². The topological polar surface area (TPSA) is 46.5 Å². The molecule has 2 aliphatic heterocycles.